The molecule has 1 saturated heterocycles. The molecule has 2 amide bonds. The molecule has 1 fully saturated rings. The summed E-state index contributed by atoms with van der Waals surface area (Å²) < 4.78 is 19.0. The number of nitrogens with zero attached hydrogens (tertiary/aromatic N) is 1. The molecule has 24 heavy (non-hydrogen) atoms. The fourth-order valence-corrected chi connectivity index (χ4v) is 2.84. The Kier molecular flexibility index (Phi) is 7.03. The van der Waals surface area contributed by atoms with Crippen LogP contribution >= 0.6 is 0 Å². The minimum Gasteiger partial charge on any atom is -0.490 e. The van der Waals surface area contributed by atoms with Crippen LogP contribution < -0.4 is 10.1 Å². The van der Waals surface area contributed by atoms with E-state index in [0.717, 1.165) is 25.9 Å². The molecular formula is C18H25FN2O3. The zero-order valence-corrected chi connectivity index (χ0v) is 14.1. The first kappa shape index (κ1) is 18.2. The van der Waals surface area contributed by atoms with Crippen molar-refractivity contribution in [2.45, 2.75) is 39.0 Å². The number of para-hydroxylation sites is 1. The second-order valence-electron chi connectivity index (χ2n) is 5.85. The van der Waals surface area contributed by atoms with Crippen LogP contribution in [0, 0.1) is 5.82 Å². The molecule has 1 aromatic rings. The number of benzene rings is 1. The molecular weight excluding hydrogens is 311 g/mol. The molecule has 1 aliphatic rings. The zero-order chi connectivity index (χ0) is 17.4. The van der Waals surface area contributed by atoms with E-state index in [1.807, 2.05) is 4.90 Å². The average molecular weight is 336 g/mol. The van der Waals surface area contributed by atoms with E-state index < -0.39 is 11.7 Å². The highest BCUT2D eigenvalue weighted by Crippen LogP contribution is 2.22. The number of hydrogen-bond donors (Lipinski definition) is 1. The Morgan fingerprint density at radius 1 is 1.21 bits per heavy atom. The van der Waals surface area contributed by atoms with Gasteiger partial charge in [0.25, 0.3) is 5.91 Å². The summed E-state index contributed by atoms with van der Waals surface area (Å²) in [4.78, 5) is 26.3. The van der Waals surface area contributed by atoms with Crippen LogP contribution in [0.1, 0.15) is 49.4 Å². The van der Waals surface area contributed by atoms with E-state index in [4.69, 9.17) is 4.74 Å². The van der Waals surface area contributed by atoms with Gasteiger partial charge >= 0.3 is 0 Å². The van der Waals surface area contributed by atoms with Crippen molar-refractivity contribution < 1.29 is 18.7 Å². The quantitative estimate of drug-likeness (QED) is 0.869. The SMILES string of the molecule is CCOc1c(F)cccc1C(=O)NCCC(=O)N1CCCCCC1. The largest absolute Gasteiger partial charge is 0.490 e. The lowest BCUT2D eigenvalue weighted by molar-refractivity contribution is -0.131. The number of rotatable bonds is 6. The third kappa shape index (κ3) is 4.94. The van der Waals surface area contributed by atoms with Gasteiger partial charge in [-0.3, -0.25) is 9.59 Å². The topological polar surface area (TPSA) is 58.6 Å². The van der Waals surface area contributed by atoms with Crippen molar-refractivity contribution in [2.75, 3.05) is 26.2 Å². The molecule has 0 radical (unpaired) electrons. The Morgan fingerprint density at radius 3 is 2.58 bits per heavy atom. The molecule has 0 aromatic heterocycles. The molecule has 1 N–H and O–H groups in total. The number of ether oxygens (including phenoxy) is 1. The smallest absolute Gasteiger partial charge is 0.255 e. The van der Waals surface area contributed by atoms with E-state index >= 15 is 0 Å². The fourth-order valence-electron chi connectivity index (χ4n) is 2.84. The summed E-state index contributed by atoms with van der Waals surface area (Å²) in [5.74, 6) is -0.982. The summed E-state index contributed by atoms with van der Waals surface area (Å²) in [6.45, 7) is 3.83. The van der Waals surface area contributed by atoms with Crippen LogP contribution in [-0.2, 0) is 4.79 Å². The third-order valence-corrected chi connectivity index (χ3v) is 4.08. The summed E-state index contributed by atoms with van der Waals surface area (Å²) in [5.41, 5.74) is 0.152. The highest BCUT2D eigenvalue weighted by molar-refractivity contribution is 5.97. The van der Waals surface area contributed by atoms with Crippen molar-refractivity contribution in [1.82, 2.24) is 10.2 Å². The maximum absolute atomic E-state index is 13.8. The van der Waals surface area contributed by atoms with Crippen LogP contribution in [0.4, 0.5) is 4.39 Å². The van der Waals surface area contributed by atoms with Gasteiger partial charge in [0.1, 0.15) is 0 Å². The van der Waals surface area contributed by atoms with E-state index in [1.165, 1.54) is 31.0 Å². The number of carbonyl (C=O) groups is 2. The molecule has 1 heterocycles. The van der Waals surface area contributed by atoms with Crippen molar-refractivity contribution in [2.24, 2.45) is 0 Å². The molecule has 6 heteroatoms. The van der Waals surface area contributed by atoms with Crippen LogP contribution in [0.5, 0.6) is 5.75 Å². The molecule has 0 spiro atoms. The Hall–Kier alpha value is -2.11. The van der Waals surface area contributed by atoms with E-state index in [0.29, 0.717) is 0 Å². The first-order valence-electron chi connectivity index (χ1n) is 8.60. The number of likely N-dealkylation sites (tertiary alicyclic amines) is 1. The van der Waals surface area contributed by atoms with Gasteiger partial charge in [-0.25, -0.2) is 4.39 Å². The molecule has 0 saturated carbocycles. The zero-order valence-electron chi connectivity index (χ0n) is 14.1. The highest BCUT2D eigenvalue weighted by Gasteiger charge is 2.18. The highest BCUT2D eigenvalue weighted by atomic mass is 19.1. The lowest BCUT2D eigenvalue weighted by atomic mass is 10.1. The van der Waals surface area contributed by atoms with Crippen molar-refractivity contribution in [1.29, 1.82) is 0 Å². The number of hydrogen-bond acceptors (Lipinski definition) is 3. The van der Waals surface area contributed by atoms with Gasteiger partial charge in [0.15, 0.2) is 11.6 Å². The molecule has 0 aliphatic carbocycles. The van der Waals surface area contributed by atoms with Crippen molar-refractivity contribution >= 4 is 11.8 Å². The van der Waals surface area contributed by atoms with E-state index in [-0.39, 0.29) is 36.8 Å². The van der Waals surface area contributed by atoms with Crippen LogP contribution in [-0.4, -0.2) is 43.0 Å². The second-order valence-corrected chi connectivity index (χ2v) is 5.85. The molecule has 0 atom stereocenters. The van der Waals surface area contributed by atoms with Gasteiger partial charge in [0.05, 0.1) is 12.2 Å². The maximum atomic E-state index is 13.8. The molecule has 1 aromatic carbocycles. The van der Waals surface area contributed by atoms with Gasteiger partial charge < -0.3 is 15.0 Å². The Bertz CT molecular complexity index is 569. The fraction of sp³-hybridized carbons (Fsp3) is 0.556. The van der Waals surface area contributed by atoms with Crippen molar-refractivity contribution in [3.05, 3.63) is 29.6 Å². The number of nitrogens with one attached hydrogen (secondary N) is 1. The summed E-state index contributed by atoms with van der Waals surface area (Å²) in [6.07, 6.45) is 4.67. The molecule has 1 aliphatic heterocycles. The van der Waals surface area contributed by atoms with Crippen LogP contribution in [0.15, 0.2) is 18.2 Å². The average Bonchev–Trinajstić information content (AvgIpc) is 2.86. The summed E-state index contributed by atoms with van der Waals surface area (Å²) in [7, 11) is 0. The van der Waals surface area contributed by atoms with Crippen molar-refractivity contribution in [3.8, 4) is 5.75 Å². The monoisotopic (exact) mass is 336 g/mol. The Labute approximate surface area is 142 Å². The minimum atomic E-state index is -0.565. The van der Waals surface area contributed by atoms with E-state index in [1.54, 1.807) is 6.92 Å². The van der Waals surface area contributed by atoms with Gasteiger partial charge in [0, 0.05) is 26.1 Å². The normalized spacial score (nSPS) is 14.8. The van der Waals surface area contributed by atoms with Gasteiger partial charge in [0.2, 0.25) is 5.91 Å². The first-order chi connectivity index (χ1) is 11.6. The predicted molar refractivity (Wildman–Crippen MR) is 89.6 cm³/mol. The summed E-state index contributed by atoms with van der Waals surface area (Å²) >= 11 is 0. The van der Waals surface area contributed by atoms with E-state index in [2.05, 4.69) is 5.32 Å². The van der Waals surface area contributed by atoms with Gasteiger partial charge in [-0.1, -0.05) is 18.9 Å². The Balaban J connectivity index is 1.87. The third-order valence-electron chi connectivity index (χ3n) is 4.08. The lowest BCUT2D eigenvalue weighted by Gasteiger charge is -2.20. The van der Waals surface area contributed by atoms with Gasteiger partial charge in [-0.2, -0.15) is 0 Å². The number of carbonyl (C=O) groups excluding carboxylic acids is 2. The second kappa shape index (κ2) is 9.25. The molecule has 132 valence electrons. The van der Waals surface area contributed by atoms with Crippen LogP contribution in [0.2, 0.25) is 0 Å². The summed E-state index contributed by atoms with van der Waals surface area (Å²) in [6, 6.07) is 4.24. The molecule has 0 bridgehead atoms. The van der Waals surface area contributed by atoms with E-state index in [9.17, 15) is 14.0 Å². The summed E-state index contributed by atoms with van der Waals surface area (Å²) in [5, 5.41) is 2.68. The van der Waals surface area contributed by atoms with Gasteiger partial charge in [-0.15, -0.1) is 0 Å². The molecule has 2 rings (SSSR count). The predicted octanol–water partition coefficient (Wildman–Crippen LogP) is 2.75. The molecule has 0 unspecified atom stereocenters. The van der Waals surface area contributed by atoms with Crippen molar-refractivity contribution in [3.63, 3.8) is 0 Å². The van der Waals surface area contributed by atoms with Crippen LogP contribution in [0.25, 0.3) is 0 Å². The minimum absolute atomic E-state index is 0.0451. The number of amides is 2. The van der Waals surface area contributed by atoms with Gasteiger partial charge in [-0.05, 0) is 31.9 Å². The first-order valence-corrected chi connectivity index (χ1v) is 8.60. The maximum Gasteiger partial charge on any atom is 0.255 e. The number of halogens is 1. The lowest BCUT2D eigenvalue weighted by Crippen LogP contribution is -2.35. The standard InChI is InChI=1S/C18H25FN2O3/c1-2-24-17-14(8-7-9-15(17)19)18(23)20-11-10-16(22)21-12-5-3-4-6-13-21/h7-9H,2-6,10-13H2,1H3,(H,20,23). The Morgan fingerprint density at radius 2 is 1.92 bits per heavy atom. The van der Waals surface area contributed by atoms with Crippen LogP contribution in [0.3, 0.4) is 0 Å². The molecule has 5 nitrogen and oxygen atoms in total.